The number of ether oxygens (including phenoxy) is 1. The third-order valence-electron chi connectivity index (χ3n) is 3.62. The number of nitrogens with one attached hydrogen (secondary N) is 1. The van der Waals surface area contributed by atoms with E-state index in [0.29, 0.717) is 17.4 Å². The lowest BCUT2D eigenvalue weighted by Crippen LogP contribution is -2.39. The molecule has 0 atom stereocenters. The maximum atomic E-state index is 8.79. The number of oxime groups is 1. The molecular formula is C14H21N3O2. The topological polar surface area (TPSA) is 79.9 Å². The third kappa shape index (κ3) is 3.17. The molecule has 0 saturated heterocycles. The van der Waals surface area contributed by atoms with E-state index < -0.39 is 0 Å². The van der Waals surface area contributed by atoms with Crippen molar-refractivity contribution in [3.63, 3.8) is 0 Å². The van der Waals surface area contributed by atoms with Crippen LogP contribution < -0.4 is 15.8 Å². The molecule has 1 aliphatic rings. The van der Waals surface area contributed by atoms with Gasteiger partial charge in [0.2, 0.25) is 0 Å². The maximum absolute atomic E-state index is 8.79. The van der Waals surface area contributed by atoms with Crippen LogP contribution >= 0.6 is 0 Å². The van der Waals surface area contributed by atoms with Crippen molar-refractivity contribution in [3.05, 3.63) is 29.3 Å². The number of benzene rings is 1. The summed E-state index contributed by atoms with van der Waals surface area (Å²) in [6, 6.07) is 6.34. The van der Waals surface area contributed by atoms with E-state index in [1.807, 2.05) is 18.2 Å². The van der Waals surface area contributed by atoms with E-state index in [2.05, 4.69) is 17.4 Å². The van der Waals surface area contributed by atoms with Gasteiger partial charge in [0.1, 0.15) is 5.75 Å². The summed E-state index contributed by atoms with van der Waals surface area (Å²) < 4.78 is 5.20. The van der Waals surface area contributed by atoms with Gasteiger partial charge in [0.25, 0.3) is 0 Å². The Hall–Kier alpha value is -1.75. The van der Waals surface area contributed by atoms with Gasteiger partial charge >= 0.3 is 0 Å². The smallest absolute Gasteiger partial charge is 0.173 e. The first-order chi connectivity index (χ1) is 9.13. The van der Waals surface area contributed by atoms with Gasteiger partial charge in [-0.15, -0.1) is 0 Å². The number of hydrogen-bond donors (Lipinski definition) is 3. The van der Waals surface area contributed by atoms with Gasteiger partial charge in [0.05, 0.1) is 12.7 Å². The lowest BCUT2D eigenvalue weighted by molar-refractivity contribution is 0.240. The van der Waals surface area contributed by atoms with Crippen LogP contribution in [-0.4, -0.2) is 24.2 Å². The van der Waals surface area contributed by atoms with E-state index in [1.165, 1.54) is 12.8 Å². The fourth-order valence-corrected chi connectivity index (χ4v) is 2.45. The molecule has 4 N–H and O–H groups in total. The summed E-state index contributed by atoms with van der Waals surface area (Å²) in [7, 11) is 1.57. The van der Waals surface area contributed by atoms with Crippen molar-refractivity contribution in [1.82, 2.24) is 5.32 Å². The number of amidine groups is 1. The van der Waals surface area contributed by atoms with E-state index in [-0.39, 0.29) is 5.84 Å². The van der Waals surface area contributed by atoms with Crippen LogP contribution in [0.25, 0.3) is 0 Å². The van der Waals surface area contributed by atoms with Crippen LogP contribution in [-0.2, 0) is 6.54 Å². The van der Waals surface area contributed by atoms with Crippen LogP contribution in [0.15, 0.2) is 23.4 Å². The molecule has 0 radical (unpaired) electrons. The minimum absolute atomic E-state index is 0.0657. The molecule has 0 aliphatic heterocycles. The SMILES string of the molecule is COc1ccc(CNC2CC(C)C2)cc1/C(N)=N/O. The van der Waals surface area contributed by atoms with Gasteiger partial charge in [0, 0.05) is 12.6 Å². The van der Waals surface area contributed by atoms with Gasteiger partial charge in [-0.25, -0.2) is 0 Å². The van der Waals surface area contributed by atoms with Crippen molar-refractivity contribution in [2.45, 2.75) is 32.4 Å². The molecule has 2 rings (SSSR count). The molecule has 0 amide bonds. The van der Waals surface area contributed by atoms with Crippen molar-refractivity contribution < 1.29 is 9.94 Å². The van der Waals surface area contributed by atoms with E-state index in [4.69, 9.17) is 15.7 Å². The Bertz CT molecular complexity index is 468. The highest BCUT2D eigenvalue weighted by molar-refractivity contribution is 5.99. The van der Waals surface area contributed by atoms with Crippen LogP contribution in [0.1, 0.15) is 30.9 Å². The molecule has 1 fully saturated rings. The highest BCUT2D eigenvalue weighted by atomic mass is 16.5. The second kappa shape index (κ2) is 5.93. The number of nitrogens with two attached hydrogens (primary N) is 1. The molecule has 1 aromatic rings. The van der Waals surface area contributed by atoms with E-state index >= 15 is 0 Å². The fraction of sp³-hybridized carbons (Fsp3) is 0.500. The molecule has 0 aromatic heterocycles. The number of nitrogens with zero attached hydrogens (tertiary/aromatic N) is 1. The average Bonchev–Trinajstić information content (AvgIpc) is 2.41. The average molecular weight is 263 g/mol. The zero-order valence-electron chi connectivity index (χ0n) is 11.4. The predicted octanol–water partition coefficient (Wildman–Crippen LogP) is 1.68. The van der Waals surface area contributed by atoms with Crippen LogP contribution in [0.5, 0.6) is 5.75 Å². The lowest BCUT2D eigenvalue weighted by Gasteiger charge is -2.33. The Labute approximate surface area is 113 Å². The summed E-state index contributed by atoms with van der Waals surface area (Å²) in [6.45, 7) is 3.05. The Morgan fingerprint density at radius 3 is 2.84 bits per heavy atom. The summed E-state index contributed by atoms with van der Waals surface area (Å²) >= 11 is 0. The zero-order valence-corrected chi connectivity index (χ0v) is 11.4. The molecule has 1 saturated carbocycles. The van der Waals surface area contributed by atoms with Gasteiger partial charge in [0.15, 0.2) is 5.84 Å². The van der Waals surface area contributed by atoms with Crippen LogP contribution in [0.2, 0.25) is 0 Å². The molecule has 0 spiro atoms. The molecule has 0 unspecified atom stereocenters. The molecule has 5 nitrogen and oxygen atoms in total. The Balaban J connectivity index is 2.05. The highest BCUT2D eigenvalue weighted by Crippen LogP contribution is 2.27. The maximum Gasteiger partial charge on any atom is 0.173 e. The Morgan fingerprint density at radius 2 is 2.26 bits per heavy atom. The van der Waals surface area contributed by atoms with Crippen molar-refractivity contribution in [2.75, 3.05) is 7.11 Å². The zero-order chi connectivity index (χ0) is 13.8. The summed E-state index contributed by atoms with van der Waals surface area (Å²) in [6.07, 6.45) is 2.48. The predicted molar refractivity (Wildman–Crippen MR) is 74.5 cm³/mol. The van der Waals surface area contributed by atoms with Gasteiger partial charge in [-0.3, -0.25) is 0 Å². The minimum atomic E-state index is 0.0657. The largest absolute Gasteiger partial charge is 0.496 e. The third-order valence-corrected chi connectivity index (χ3v) is 3.62. The van der Waals surface area contributed by atoms with Gasteiger partial charge in [-0.1, -0.05) is 18.1 Å². The molecule has 0 bridgehead atoms. The number of rotatable bonds is 5. The Morgan fingerprint density at radius 1 is 1.53 bits per heavy atom. The number of methoxy groups -OCH3 is 1. The van der Waals surface area contributed by atoms with E-state index in [1.54, 1.807) is 7.11 Å². The summed E-state index contributed by atoms with van der Waals surface area (Å²) in [4.78, 5) is 0. The normalized spacial score (nSPS) is 22.9. The minimum Gasteiger partial charge on any atom is -0.496 e. The molecule has 1 aromatic carbocycles. The molecule has 1 aliphatic carbocycles. The summed E-state index contributed by atoms with van der Waals surface area (Å²) in [5.41, 5.74) is 7.37. The van der Waals surface area contributed by atoms with Gasteiger partial charge in [-0.2, -0.15) is 0 Å². The van der Waals surface area contributed by atoms with E-state index in [9.17, 15) is 0 Å². The van der Waals surface area contributed by atoms with Crippen LogP contribution in [0, 0.1) is 5.92 Å². The van der Waals surface area contributed by atoms with Gasteiger partial charge < -0.3 is 21.0 Å². The second-order valence-electron chi connectivity index (χ2n) is 5.17. The second-order valence-corrected chi connectivity index (χ2v) is 5.17. The van der Waals surface area contributed by atoms with Crippen molar-refractivity contribution in [2.24, 2.45) is 16.8 Å². The fourth-order valence-electron chi connectivity index (χ4n) is 2.45. The monoisotopic (exact) mass is 263 g/mol. The quantitative estimate of drug-likeness (QED) is 0.327. The molecule has 5 heteroatoms. The van der Waals surface area contributed by atoms with Crippen molar-refractivity contribution in [1.29, 1.82) is 0 Å². The van der Waals surface area contributed by atoms with E-state index in [0.717, 1.165) is 18.0 Å². The van der Waals surface area contributed by atoms with Crippen LogP contribution in [0.3, 0.4) is 0 Å². The lowest BCUT2D eigenvalue weighted by atomic mass is 9.82. The van der Waals surface area contributed by atoms with Crippen molar-refractivity contribution >= 4 is 5.84 Å². The Kier molecular flexibility index (Phi) is 4.27. The first-order valence-electron chi connectivity index (χ1n) is 6.52. The molecule has 104 valence electrons. The molecule has 0 heterocycles. The first kappa shape index (κ1) is 13.7. The summed E-state index contributed by atoms with van der Waals surface area (Å²) in [5.74, 6) is 1.51. The highest BCUT2D eigenvalue weighted by Gasteiger charge is 2.24. The van der Waals surface area contributed by atoms with Crippen molar-refractivity contribution in [3.8, 4) is 5.75 Å². The number of hydrogen-bond acceptors (Lipinski definition) is 4. The standard InChI is InChI=1S/C14H21N3O2/c1-9-5-11(6-9)16-8-10-3-4-13(19-2)12(7-10)14(15)17-18/h3-4,7,9,11,16,18H,5-6,8H2,1-2H3,(H2,15,17). The summed E-state index contributed by atoms with van der Waals surface area (Å²) in [5, 5.41) is 15.3. The molecular weight excluding hydrogens is 242 g/mol. The molecule has 19 heavy (non-hydrogen) atoms. The van der Waals surface area contributed by atoms with Crippen LogP contribution in [0.4, 0.5) is 0 Å². The van der Waals surface area contributed by atoms with Gasteiger partial charge in [-0.05, 0) is 36.5 Å². The first-order valence-corrected chi connectivity index (χ1v) is 6.52.